The Kier molecular flexibility index (Phi) is 10.2. The predicted molar refractivity (Wildman–Crippen MR) is 141 cm³/mol. The highest BCUT2D eigenvalue weighted by Gasteiger charge is 2.31. The number of sulfonamides is 1. The zero-order valence-electron chi connectivity index (χ0n) is 22.1. The third kappa shape index (κ3) is 7.61. The Morgan fingerprint density at radius 1 is 1.03 bits per heavy atom. The SMILES string of the molecule is COc1ccc(OC)c(N(CC(=O)N(Cc2ccccc2C)[C@H](C)C(=O)NCC(C)C)S(C)(=O)=O)c1. The quantitative estimate of drug-likeness (QED) is 0.462. The number of anilines is 1. The first kappa shape index (κ1) is 29.0. The van der Waals surface area contributed by atoms with Crippen LogP contribution in [0, 0.1) is 12.8 Å². The highest BCUT2D eigenvalue weighted by Crippen LogP contribution is 2.34. The molecular formula is C26H37N3O6S. The maximum Gasteiger partial charge on any atom is 0.244 e. The lowest BCUT2D eigenvalue weighted by atomic mass is 10.1. The van der Waals surface area contributed by atoms with Gasteiger partial charge in [-0.1, -0.05) is 38.1 Å². The predicted octanol–water partition coefficient (Wildman–Crippen LogP) is 2.97. The summed E-state index contributed by atoms with van der Waals surface area (Å²) in [5.41, 5.74) is 1.99. The first-order valence-corrected chi connectivity index (χ1v) is 13.5. The molecule has 2 aromatic rings. The average molecular weight is 520 g/mol. The molecule has 0 aliphatic rings. The van der Waals surface area contributed by atoms with Gasteiger partial charge in [-0.05, 0) is 43.0 Å². The number of rotatable bonds is 12. The largest absolute Gasteiger partial charge is 0.497 e. The number of methoxy groups -OCH3 is 2. The van der Waals surface area contributed by atoms with Crippen molar-refractivity contribution in [1.29, 1.82) is 0 Å². The molecule has 0 saturated heterocycles. The van der Waals surface area contributed by atoms with E-state index in [0.29, 0.717) is 12.3 Å². The molecule has 0 fully saturated rings. The number of carbonyl (C=O) groups is 2. The lowest BCUT2D eigenvalue weighted by Crippen LogP contribution is -2.51. The standard InChI is InChI=1S/C26H37N3O6S/c1-18(2)15-27-26(31)20(4)28(16-21-11-9-8-10-19(21)3)25(30)17-29(36(7,32)33)23-14-22(34-5)12-13-24(23)35-6/h8-14,18,20H,15-17H2,1-7H3,(H,27,31)/t20-/m1/s1. The van der Waals surface area contributed by atoms with Crippen LogP contribution in [-0.4, -0.2) is 64.7 Å². The molecule has 9 nitrogen and oxygen atoms in total. The fraction of sp³-hybridized carbons (Fsp3) is 0.462. The zero-order valence-corrected chi connectivity index (χ0v) is 22.9. The van der Waals surface area contributed by atoms with Gasteiger partial charge in [-0.3, -0.25) is 13.9 Å². The summed E-state index contributed by atoms with van der Waals surface area (Å²) in [7, 11) is -1.03. The minimum atomic E-state index is -3.90. The van der Waals surface area contributed by atoms with Gasteiger partial charge in [-0.2, -0.15) is 0 Å². The van der Waals surface area contributed by atoms with Crippen LogP contribution in [0.2, 0.25) is 0 Å². The maximum atomic E-state index is 13.7. The van der Waals surface area contributed by atoms with Crippen LogP contribution in [0.25, 0.3) is 0 Å². The molecule has 1 atom stereocenters. The molecule has 0 saturated carbocycles. The molecule has 0 spiro atoms. The van der Waals surface area contributed by atoms with E-state index >= 15 is 0 Å². The molecule has 2 aromatic carbocycles. The fourth-order valence-corrected chi connectivity index (χ4v) is 4.44. The Labute approximate surface area is 214 Å². The first-order chi connectivity index (χ1) is 16.9. The van der Waals surface area contributed by atoms with Crippen LogP contribution in [-0.2, 0) is 26.2 Å². The van der Waals surface area contributed by atoms with Crippen LogP contribution in [0.1, 0.15) is 31.9 Å². The van der Waals surface area contributed by atoms with Crippen molar-refractivity contribution >= 4 is 27.5 Å². The van der Waals surface area contributed by atoms with E-state index in [2.05, 4.69) is 5.32 Å². The van der Waals surface area contributed by atoms with Crippen LogP contribution in [0.4, 0.5) is 5.69 Å². The van der Waals surface area contributed by atoms with E-state index in [4.69, 9.17) is 9.47 Å². The van der Waals surface area contributed by atoms with E-state index in [1.165, 1.54) is 25.2 Å². The molecule has 0 radical (unpaired) electrons. The summed E-state index contributed by atoms with van der Waals surface area (Å²) in [4.78, 5) is 28.0. The molecule has 36 heavy (non-hydrogen) atoms. The van der Waals surface area contributed by atoms with Crippen LogP contribution >= 0.6 is 0 Å². The Bertz CT molecular complexity index is 1170. The molecule has 0 heterocycles. The van der Waals surface area contributed by atoms with Gasteiger partial charge in [0, 0.05) is 19.2 Å². The summed E-state index contributed by atoms with van der Waals surface area (Å²) in [6.45, 7) is 7.62. The van der Waals surface area contributed by atoms with Gasteiger partial charge in [0.2, 0.25) is 21.8 Å². The summed E-state index contributed by atoms with van der Waals surface area (Å²) in [5.74, 6) is 0.0754. The molecule has 0 bridgehead atoms. The average Bonchev–Trinajstić information content (AvgIpc) is 2.83. The molecule has 2 rings (SSSR count). The van der Waals surface area contributed by atoms with Crippen LogP contribution in [0.5, 0.6) is 11.5 Å². The molecule has 1 N–H and O–H groups in total. The number of amides is 2. The fourth-order valence-electron chi connectivity index (χ4n) is 3.59. The summed E-state index contributed by atoms with van der Waals surface area (Å²) in [6.07, 6.45) is 1.02. The number of benzene rings is 2. The summed E-state index contributed by atoms with van der Waals surface area (Å²) in [5, 5.41) is 2.86. The van der Waals surface area contributed by atoms with Crippen molar-refractivity contribution in [2.24, 2.45) is 5.92 Å². The molecule has 0 unspecified atom stereocenters. The van der Waals surface area contributed by atoms with Crippen molar-refractivity contribution in [2.45, 2.75) is 40.3 Å². The number of hydrogen-bond acceptors (Lipinski definition) is 6. The van der Waals surface area contributed by atoms with Crippen molar-refractivity contribution in [3.05, 3.63) is 53.6 Å². The van der Waals surface area contributed by atoms with Gasteiger partial charge in [0.1, 0.15) is 24.1 Å². The van der Waals surface area contributed by atoms with Crippen LogP contribution < -0.4 is 19.1 Å². The van der Waals surface area contributed by atoms with Gasteiger partial charge in [0.25, 0.3) is 0 Å². The second-order valence-electron chi connectivity index (χ2n) is 9.07. The van der Waals surface area contributed by atoms with E-state index in [1.54, 1.807) is 19.1 Å². The minimum absolute atomic E-state index is 0.147. The minimum Gasteiger partial charge on any atom is -0.497 e. The highest BCUT2D eigenvalue weighted by atomic mass is 32.2. The second kappa shape index (κ2) is 12.6. The normalized spacial score (nSPS) is 12.1. The number of hydrogen-bond donors (Lipinski definition) is 1. The van der Waals surface area contributed by atoms with E-state index < -0.39 is 28.5 Å². The third-order valence-corrected chi connectivity index (χ3v) is 6.91. The highest BCUT2D eigenvalue weighted by molar-refractivity contribution is 7.92. The lowest BCUT2D eigenvalue weighted by molar-refractivity contribution is -0.139. The number of carbonyl (C=O) groups excluding carboxylic acids is 2. The van der Waals surface area contributed by atoms with Crippen molar-refractivity contribution in [3.63, 3.8) is 0 Å². The summed E-state index contributed by atoms with van der Waals surface area (Å²) in [6, 6.07) is 11.4. The monoisotopic (exact) mass is 519 g/mol. The van der Waals surface area contributed by atoms with E-state index in [-0.39, 0.29) is 29.8 Å². The Morgan fingerprint density at radius 2 is 1.69 bits per heavy atom. The Hall–Kier alpha value is -3.27. The van der Waals surface area contributed by atoms with Crippen molar-refractivity contribution in [2.75, 3.05) is 37.9 Å². The van der Waals surface area contributed by atoms with E-state index in [1.807, 2.05) is 45.0 Å². The van der Waals surface area contributed by atoms with Gasteiger partial charge in [0.15, 0.2) is 0 Å². The second-order valence-corrected chi connectivity index (χ2v) is 11.0. The first-order valence-electron chi connectivity index (χ1n) is 11.7. The number of nitrogens with zero attached hydrogens (tertiary/aromatic N) is 2. The lowest BCUT2D eigenvalue weighted by Gasteiger charge is -2.32. The van der Waals surface area contributed by atoms with Gasteiger partial charge >= 0.3 is 0 Å². The third-order valence-electron chi connectivity index (χ3n) is 5.79. The molecule has 198 valence electrons. The van der Waals surface area contributed by atoms with Crippen LogP contribution in [0.15, 0.2) is 42.5 Å². The van der Waals surface area contributed by atoms with Crippen molar-refractivity contribution in [3.8, 4) is 11.5 Å². The van der Waals surface area contributed by atoms with E-state index in [0.717, 1.165) is 21.7 Å². The number of ether oxygens (including phenoxy) is 2. The summed E-state index contributed by atoms with van der Waals surface area (Å²) < 4.78 is 37.3. The van der Waals surface area contributed by atoms with Gasteiger partial charge in [0.05, 0.1) is 26.2 Å². The smallest absolute Gasteiger partial charge is 0.244 e. The zero-order chi connectivity index (χ0) is 27.0. The van der Waals surface area contributed by atoms with E-state index in [9.17, 15) is 18.0 Å². The van der Waals surface area contributed by atoms with Crippen molar-refractivity contribution < 1.29 is 27.5 Å². The summed E-state index contributed by atoms with van der Waals surface area (Å²) >= 11 is 0. The Balaban J connectivity index is 2.47. The van der Waals surface area contributed by atoms with Gasteiger partial charge in [-0.25, -0.2) is 8.42 Å². The number of aryl methyl sites for hydroxylation is 1. The molecule has 0 aliphatic carbocycles. The maximum absolute atomic E-state index is 13.7. The van der Waals surface area contributed by atoms with Gasteiger partial charge < -0.3 is 19.7 Å². The molecular weight excluding hydrogens is 482 g/mol. The van der Waals surface area contributed by atoms with Crippen molar-refractivity contribution in [1.82, 2.24) is 10.2 Å². The topological polar surface area (TPSA) is 105 Å². The van der Waals surface area contributed by atoms with Gasteiger partial charge in [-0.15, -0.1) is 0 Å². The molecule has 10 heteroatoms. The molecule has 2 amide bonds. The molecule has 0 aromatic heterocycles. The molecule has 0 aliphatic heterocycles. The van der Waals surface area contributed by atoms with Crippen LogP contribution in [0.3, 0.4) is 0 Å². The number of nitrogens with one attached hydrogen (secondary N) is 1. The Morgan fingerprint density at radius 3 is 2.25 bits per heavy atom.